The summed E-state index contributed by atoms with van der Waals surface area (Å²) in [6.45, 7) is 5.09. The molecule has 1 heterocycles. The molecular weight excluding hydrogens is 552 g/mol. The lowest BCUT2D eigenvalue weighted by Crippen LogP contribution is -2.54. The summed E-state index contributed by atoms with van der Waals surface area (Å²) in [6.07, 6.45) is 1.43. The van der Waals surface area contributed by atoms with Gasteiger partial charge in [0.15, 0.2) is 0 Å². The Hall–Kier alpha value is -4.88. The topological polar surface area (TPSA) is 84.9 Å². The number of nitrogens with one attached hydrogen (secondary N) is 1. The number of hydrogen-bond donors (Lipinski definition) is 1. The highest BCUT2D eigenvalue weighted by Gasteiger charge is 2.36. The molecule has 0 aromatic heterocycles. The first-order valence-electron chi connectivity index (χ1n) is 13.4. The molecule has 0 atom stereocenters. The number of barbiturate groups is 1. The lowest BCUT2D eigenvalue weighted by atomic mass is 9.78. The molecule has 4 aromatic rings. The first kappa shape index (κ1) is 28.6. The van der Waals surface area contributed by atoms with Gasteiger partial charge in [-0.1, -0.05) is 80.0 Å². The summed E-state index contributed by atoms with van der Waals surface area (Å²) in [5.41, 5.74) is 3.07. The van der Waals surface area contributed by atoms with Crippen LogP contribution in [-0.4, -0.2) is 31.1 Å². The van der Waals surface area contributed by atoms with Crippen molar-refractivity contribution in [3.63, 3.8) is 0 Å². The fraction of sp³-hybridized carbons (Fsp3) is 0.147. The number of rotatable bonds is 9. The Morgan fingerprint density at radius 1 is 0.738 bits per heavy atom. The van der Waals surface area contributed by atoms with Gasteiger partial charge in [-0.3, -0.25) is 14.9 Å². The maximum Gasteiger partial charge on any atom is 0.335 e. The number of anilines is 1. The number of benzene rings is 4. The minimum atomic E-state index is -0.817. The average molecular weight is 581 g/mol. The largest absolute Gasteiger partial charge is 0.490 e. The zero-order valence-corrected chi connectivity index (χ0v) is 23.9. The van der Waals surface area contributed by atoms with E-state index in [1.807, 2.05) is 18.2 Å². The van der Waals surface area contributed by atoms with Crippen molar-refractivity contribution in [1.29, 1.82) is 0 Å². The number of hydrogen-bond acceptors (Lipinski definition) is 5. The van der Waals surface area contributed by atoms with Crippen molar-refractivity contribution in [2.24, 2.45) is 0 Å². The summed E-state index contributed by atoms with van der Waals surface area (Å²) in [5, 5.41) is 2.67. The highest BCUT2D eigenvalue weighted by Crippen LogP contribution is 2.32. The van der Waals surface area contributed by atoms with Gasteiger partial charge in [0, 0.05) is 10.4 Å². The number of amides is 4. The Bertz CT molecular complexity index is 1610. The number of carbonyl (C=O) groups excluding carboxylic acids is 3. The van der Waals surface area contributed by atoms with Crippen LogP contribution in [0.4, 0.5) is 10.5 Å². The molecule has 1 aliphatic heterocycles. The second-order valence-electron chi connectivity index (χ2n) is 10.2. The second-order valence-corrected chi connectivity index (χ2v) is 10.7. The van der Waals surface area contributed by atoms with E-state index in [2.05, 4.69) is 55.6 Å². The third kappa shape index (κ3) is 6.37. The quantitative estimate of drug-likeness (QED) is 0.134. The van der Waals surface area contributed by atoms with Crippen molar-refractivity contribution in [2.75, 3.05) is 18.1 Å². The van der Waals surface area contributed by atoms with Gasteiger partial charge in [-0.05, 0) is 71.3 Å². The Morgan fingerprint density at radius 2 is 1.29 bits per heavy atom. The molecule has 0 aliphatic carbocycles. The predicted octanol–water partition coefficient (Wildman–Crippen LogP) is 6.79. The molecule has 1 N–H and O–H groups in total. The maximum absolute atomic E-state index is 13.0. The van der Waals surface area contributed by atoms with Gasteiger partial charge in [0.05, 0.1) is 5.69 Å². The van der Waals surface area contributed by atoms with Gasteiger partial charge in [0.1, 0.15) is 30.3 Å². The van der Waals surface area contributed by atoms with Crippen molar-refractivity contribution < 1.29 is 23.9 Å². The van der Waals surface area contributed by atoms with E-state index in [1.54, 1.807) is 36.4 Å². The summed E-state index contributed by atoms with van der Waals surface area (Å²) >= 11 is 5.91. The monoisotopic (exact) mass is 580 g/mol. The van der Waals surface area contributed by atoms with E-state index in [9.17, 15) is 14.4 Å². The number of imide groups is 2. The molecule has 42 heavy (non-hydrogen) atoms. The highest BCUT2D eigenvalue weighted by atomic mass is 35.5. The van der Waals surface area contributed by atoms with Crippen LogP contribution in [0.2, 0.25) is 5.02 Å². The molecule has 4 amide bonds. The smallest absolute Gasteiger partial charge is 0.335 e. The second kappa shape index (κ2) is 12.3. The third-order valence-electron chi connectivity index (χ3n) is 7.07. The minimum Gasteiger partial charge on any atom is -0.490 e. The molecule has 0 radical (unpaired) electrons. The van der Waals surface area contributed by atoms with E-state index >= 15 is 0 Å². The lowest BCUT2D eigenvalue weighted by molar-refractivity contribution is -0.122. The molecule has 0 saturated carbocycles. The van der Waals surface area contributed by atoms with Crippen LogP contribution in [0.1, 0.15) is 30.5 Å². The van der Waals surface area contributed by atoms with Gasteiger partial charge in [-0.15, -0.1) is 0 Å². The van der Waals surface area contributed by atoms with Crippen molar-refractivity contribution in [3.05, 3.63) is 130 Å². The molecule has 8 heteroatoms. The summed E-state index contributed by atoms with van der Waals surface area (Å²) < 4.78 is 11.6. The maximum atomic E-state index is 13.0. The SMILES string of the molecule is CC(C)(c1ccccc1)c1ccc(OCCOc2ccc(C=C3C(=O)NC(=O)N(c4ccc(Cl)cc4)C3=O)cc2)cc1. The van der Waals surface area contributed by atoms with E-state index in [1.165, 1.54) is 29.3 Å². The van der Waals surface area contributed by atoms with Gasteiger partial charge in [0.25, 0.3) is 11.8 Å². The Morgan fingerprint density at radius 3 is 1.88 bits per heavy atom. The van der Waals surface area contributed by atoms with Crippen molar-refractivity contribution in [1.82, 2.24) is 5.32 Å². The first-order valence-corrected chi connectivity index (χ1v) is 13.8. The average Bonchev–Trinajstić information content (AvgIpc) is 3.00. The molecule has 5 rings (SSSR count). The van der Waals surface area contributed by atoms with E-state index in [0.29, 0.717) is 35.2 Å². The molecule has 0 spiro atoms. The minimum absolute atomic E-state index is 0.118. The number of halogens is 1. The fourth-order valence-electron chi connectivity index (χ4n) is 4.62. The number of urea groups is 1. The van der Waals surface area contributed by atoms with Crippen molar-refractivity contribution in [3.8, 4) is 11.5 Å². The molecule has 7 nitrogen and oxygen atoms in total. The standard InChI is InChI=1S/C34H29ClN2O5/c1-34(2,24-6-4-3-5-7-24)25-10-18-29(19-11-25)42-21-20-41-28-16-8-23(9-17-28)22-30-31(38)36-33(40)37(32(30)39)27-14-12-26(35)13-15-27/h3-19,22H,20-21H2,1-2H3,(H,36,38,40). The summed E-state index contributed by atoms with van der Waals surface area (Å²) in [4.78, 5) is 38.7. The normalized spacial score (nSPS) is 14.6. The van der Waals surface area contributed by atoms with Crippen LogP contribution >= 0.6 is 11.6 Å². The van der Waals surface area contributed by atoms with Gasteiger partial charge in [-0.25, -0.2) is 9.69 Å². The molecule has 4 aromatic carbocycles. The zero-order chi connectivity index (χ0) is 29.7. The fourth-order valence-corrected chi connectivity index (χ4v) is 4.74. The summed E-state index contributed by atoms with van der Waals surface area (Å²) in [6, 6.07) is 30.8. The van der Waals surface area contributed by atoms with E-state index in [-0.39, 0.29) is 11.0 Å². The first-order chi connectivity index (χ1) is 20.2. The van der Waals surface area contributed by atoms with Gasteiger partial charge in [-0.2, -0.15) is 0 Å². The van der Waals surface area contributed by atoms with Crippen molar-refractivity contribution in [2.45, 2.75) is 19.3 Å². The van der Waals surface area contributed by atoms with Gasteiger partial charge < -0.3 is 9.47 Å². The van der Waals surface area contributed by atoms with Gasteiger partial charge in [0.2, 0.25) is 0 Å². The molecule has 0 unspecified atom stereocenters. The number of carbonyl (C=O) groups is 3. The van der Waals surface area contributed by atoms with E-state index < -0.39 is 17.8 Å². The van der Waals surface area contributed by atoms with Crippen LogP contribution in [-0.2, 0) is 15.0 Å². The van der Waals surface area contributed by atoms with Crippen LogP contribution in [0.15, 0.2) is 109 Å². The number of nitrogens with zero attached hydrogens (tertiary/aromatic N) is 1. The molecule has 1 fully saturated rings. The predicted molar refractivity (Wildman–Crippen MR) is 163 cm³/mol. The molecule has 0 bridgehead atoms. The van der Waals surface area contributed by atoms with Crippen molar-refractivity contribution >= 4 is 41.2 Å². The Balaban J connectivity index is 1.15. The molecule has 1 saturated heterocycles. The molecular formula is C34H29ClN2O5. The van der Waals surface area contributed by atoms with E-state index in [4.69, 9.17) is 21.1 Å². The van der Waals surface area contributed by atoms with Crippen LogP contribution in [0.5, 0.6) is 11.5 Å². The summed E-state index contributed by atoms with van der Waals surface area (Å²) in [7, 11) is 0. The molecule has 1 aliphatic rings. The number of ether oxygens (including phenoxy) is 2. The van der Waals surface area contributed by atoms with Gasteiger partial charge >= 0.3 is 6.03 Å². The summed E-state index contributed by atoms with van der Waals surface area (Å²) in [5.74, 6) is -0.114. The van der Waals surface area contributed by atoms with Crippen LogP contribution < -0.4 is 19.7 Å². The Labute approximate surface area is 249 Å². The van der Waals surface area contributed by atoms with Crippen LogP contribution in [0.25, 0.3) is 6.08 Å². The third-order valence-corrected chi connectivity index (χ3v) is 7.32. The Kier molecular flexibility index (Phi) is 8.41. The molecule has 212 valence electrons. The zero-order valence-electron chi connectivity index (χ0n) is 23.2. The highest BCUT2D eigenvalue weighted by molar-refractivity contribution is 6.39. The van der Waals surface area contributed by atoms with Crippen LogP contribution in [0.3, 0.4) is 0 Å². The van der Waals surface area contributed by atoms with Crippen LogP contribution in [0, 0.1) is 0 Å². The van der Waals surface area contributed by atoms with E-state index in [0.717, 1.165) is 10.6 Å². The lowest BCUT2D eigenvalue weighted by Gasteiger charge is -2.26.